The molecule has 2 atom stereocenters. The molecule has 130 valence electrons. The molecule has 2 heterocycles. The quantitative estimate of drug-likeness (QED) is 0.751. The van der Waals surface area contributed by atoms with Crippen molar-refractivity contribution in [3.63, 3.8) is 0 Å². The molecule has 1 spiro atoms. The zero-order valence-corrected chi connectivity index (χ0v) is 14.5. The van der Waals surface area contributed by atoms with Gasteiger partial charge in [-0.25, -0.2) is 4.39 Å². The fourth-order valence-electron chi connectivity index (χ4n) is 6.07. The smallest absolute Gasteiger partial charge is 0.123 e. The van der Waals surface area contributed by atoms with E-state index < -0.39 is 0 Å². The first-order chi connectivity index (χ1) is 11.7. The number of rotatable bonds is 1. The normalized spacial score (nSPS) is 34.8. The van der Waals surface area contributed by atoms with Crippen molar-refractivity contribution in [3.05, 3.63) is 29.6 Å². The first kappa shape index (κ1) is 15.2. The van der Waals surface area contributed by atoms with Crippen LogP contribution in [0.15, 0.2) is 18.2 Å². The predicted octanol–water partition coefficient (Wildman–Crippen LogP) is 4.52. The molecule has 1 saturated heterocycles. The zero-order chi connectivity index (χ0) is 16.1. The predicted molar refractivity (Wildman–Crippen MR) is 92.9 cm³/mol. The van der Waals surface area contributed by atoms with Crippen molar-refractivity contribution in [1.82, 2.24) is 4.90 Å². The lowest BCUT2D eigenvalue weighted by Gasteiger charge is -2.41. The van der Waals surface area contributed by atoms with E-state index in [4.69, 9.17) is 4.74 Å². The molecule has 5 rings (SSSR count). The molecular formula is C21H28FNO. The molecule has 2 unspecified atom stereocenters. The summed E-state index contributed by atoms with van der Waals surface area (Å²) in [6.07, 6.45) is 11.0. The molecule has 0 aromatic heterocycles. The maximum absolute atomic E-state index is 13.7. The third-order valence-electron chi connectivity index (χ3n) is 7.50. The maximum Gasteiger partial charge on any atom is 0.123 e. The van der Waals surface area contributed by atoms with Gasteiger partial charge in [0.2, 0.25) is 0 Å². The van der Waals surface area contributed by atoms with E-state index in [1.807, 2.05) is 6.07 Å². The van der Waals surface area contributed by atoms with E-state index in [1.165, 1.54) is 44.6 Å². The molecule has 0 bridgehead atoms. The monoisotopic (exact) mass is 329 g/mol. The van der Waals surface area contributed by atoms with Crippen LogP contribution in [-0.4, -0.2) is 30.6 Å². The van der Waals surface area contributed by atoms with Crippen LogP contribution in [0, 0.1) is 17.7 Å². The van der Waals surface area contributed by atoms with Crippen LogP contribution in [0.4, 0.5) is 4.39 Å². The van der Waals surface area contributed by atoms with Crippen LogP contribution < -0.4 is 4.74 Å². The van der Waals surface area contributed by atoms with Crippen molar-refractivity contribution in [2.75, 3.05) is 19.7 Å². The minimum atomic E-state index is -0.124. The highest BCUT2D eigenvalue weighted by Crippen LogP contribution is 2.48. The first-order valence-electron chi connectivity index (χ1n) is 9.90. The minimum Gasteiger partial charge on any atom is -0.492 e. The highest BCUT2D eigenvalue weighted by molar-refractivity contribution is 5.44. The topological polar surface area (TPSA) is 12.5 Å². The van der Waals surface area contributed by atoms with Crippen LogP contribution in [0.1, 0.15) is 56.9 Å². The number of benzene rings is 1. The number of nitrogens with zero attached hydrogens (tertiary/aromatic N) is 1. The summed E-state index contributed by atoms with van der Waals surface area (Å²) in [7, 11) is 0. The average molecular weight is 329 g/mol. The molecule has 2 aliphatic heterocycles. The lowest BCUT2D eigenvalue weighted by Crippen LogP contribution is -2.47. The van der Waals surface area contributed by atoms with Crippen LogP contribution >= 0.6 is 0 Å². The lowest BCUT2D eigenvalue weighted by molar-refractivity contribution is 0.0992. The third kappa shape index (κ3) is 2.39. The molecular weight excluding hydrogens is 301 g/mol. The Morgan fingerprint density at radius 2 is 1.75 bits per heavy atom. The number of likely N-dealkylation sites (tertiary alicyclic amines) is 1. The van der Waals surface area contributed by atoms with E-state index >= 15 is 0 Å². The van der Waals surface area contributed by atoms with Gasteiger partial charge in [0.25, 0.3) is 0 Å². The van der Waals surface area contributed by atoms with Gasteiger partial charge in [-0.2, -0.15) is 0 Å². The molecule has 0 amide bonds. The van der Waals surface area contributed by atoms with E-state index in [0.717, 1.165) is 61.7 Å². The van der Waals surface area contributed by atoms with Crippen LogP contribution in [0.3, 0.4) is 0 Å². The van der Waals surface area contributed by atoms with Crippen molar-refractivity contribution >= 4 is 0 Å². The van der Waals surface area contributed by atoms with Crippen molar-refractivity contribution < 1.29 is 9.13 Å². The second-order valence-corrected chi connectivity index (χ2v) is 8.68. The number of halogens is 1. The molecule has 2 saturated carbocycles. The van der Waals surface area contributed by atoms with Gasteiger partial charge in [0, 0.05) is 17.0 Å². The number of fused-ring (bicyclic) bond motifs is 3. The van der Waals surface area contributed by atoms with Gasteiger partial charge in [-0.05, 0) is 68.8 Å². The fraction of sp³-hybridized carbons (Fsp3) is 0.714. The van der Waals surface area contributed by atoms with Crippen LogP contribution in [0.2, 0.25) is 0 Å². The summed E-state index contributed by atoms with van der Waals surface area (Å²) < 4.78 is 19.6. The van der Waals surface area contributed by atoms with Gasteiger partial charge < -0.3 is 9.64 Å². The summed E-state index contributed by atoms with van der Waals surface area (Å²) >= 11 is 0. The van der Waals surface area contributed by atoms with Gasteiger partial charge in [-0.15, -0.1) is 0 Å². The van der Waals surface area contributed by atoms with Crippen LogP contribution in [-0.2, 0) is 5.41 Å². The van der Waals surface area contributed by atoms with Crippen molar-refractivity contribution in [3.8, 4) is 5.75 Å². The van der Waals surface area contributed by atoms with Gasteiger partial charge >= 0.3 is 0 Å². The number of ether oxygens (including phenoxy) is 1. The molecule has 2 nitrogen and oxygen atoms in total. The molecule has 3 heteroatoms. The Kier molecular flexibility index (Phi) is 3.62. The third-order valence-corrected chi connectivity index (χ3v) is 7.50. The Morgan fingerprint density at radius 1 is 1.04 bits per heavy atom. The Hall–Kier alpha value is -1.09. The molecule has 0 radical (unpaired) electrons. The van der Waals surface area contributed by atoms with Gasteiger partial charge in [0.15, 0.2) is 0 Å². The number of piperidine rings is 1. The molecule has 1 aromatic rings. The standard InChI is InChI=1S/C21H28FNO/c22-17-5-6-20-19(13-17)21(14-24-20)7-9-23(10-8-21)18-11-15-3-1-2-4-16(15)12-18/h5-6,13,15-16,18H,1-4,7-12,14H2. The van der Waals surface area contributed by atoms with E-state index in [0.29, 0.717) is 0 Å². The van der Waals surface area contributed by atoms with Gasteiger partial charge in [0.1, 0.15) is 11.6 Å². The van der Waals surface area contributed by atoms with Crippen molar-refractivity contribution in [1.29, 1.82) is 0 Å². The summed E-state index contributed by atoms with van der Waals surface area (Å²) in [5.74, 6) is 2.80. The SMILES string of the molecule is Fc1ccc2c(c1)C1(CCN(C3CC4CCCCC4C3)CC1)CO2. The summed E-state index contributed by atoms with van der Waals surface area (Å²) in [4.78, 5) is 2.75. The van der Waals surface area contributed by atoms with E-state index in [2.05, 4.69) is 4.90 Å². The van der Waals surface area contributed by atoms with E-state index in [-0.39, 0.29) is 11.2 Å². The van der Waals surface area contributed by atoms with Crippen LogP contribution in [0.25, 0.3) is 0 Å². The summed E-state index contributed by atoms with van der Waals surface area (Å²) in [6, 6.07) is 5.87. The Balaban J connectivity index is 1.28. The first-order valence-corrected chi connectivity index (χ1v) is 9.90. The Morgan fingerprint density at radius 3 is 2.46 bits per heavy atom. The summed E-state index contributed by atoms with van der Waals surface area (Å²) in [5.41, 5.74) is 1.20. The Labute approximate surface area is 144 Å². The Bertz CT molecular complexity index is 608. The van der Waals surface area contributed by atoms with Crippen molar-refractivity contribution in [2.45, 2.75) is 62.8 Å². The molecule has 1 aromatic carbocycles. The summed E-state index contributed by atoms with van der Waals surface area (Å²) in [5, 5.41) is 0. The minimum absolute atomic E-state index is 0.0687. The largest absolute Gasteiger partial charge is 0.492 e. The number of hydrogen-bond acceptors (Lipinski definition) is 2. The molecule has 2 aliphatic carbocycles. The molecule has 3 fully saturated rings. The highest BCUT2D eigenvalue weighted by Gasteiger charge is 2.46. The molecule has 0 N–H and O–H groups in total. The maximum atomic E-state index is 13.7. The van der Waals surface area contributed by atoms with Gasteiger partial charge in [-0.3, -0.25) is 0 Å². The average Bonchev–Trinajstić information content (AvgIpc) is 3.18. The number of hydrogen-bond donors (Lipinski definition) is 0. The highest BCUT2D eigenvalue weighted by atomic mass is 19.1. The van der Waals surface area contributed by atoms with Gasteiger partial charge in [0.05, 0.1) is 6.61 Å². The zero-order valence-electron chi connectivity index (χ0n) is 14.5. The lowest BCUT2D eigenvalue weighted by atomic mass is 9.74. The summed E-state index contributed by atoms with van der Waals surface area (Å²) in [6.45, 7) is 3.06. The van der Waals surface area contributed by atoms with Crippen molar-refractivity contribution in [2.24, 2.45) is 11.8 Å². The fourth-order valence-corrected chi connectivity index (χ4v) is 6.07. The second kappa shape index (κ2) is 5.72. The van der Waals surface area contributed by atoms with E-state index in [9.17, 15) is 4.39 Å². The van der Waals surface area contributed by atoms with E-state index in [1.54, 1.807) is 6.07 Å². The second-order valence-electron chi connectivity index (χ2n) is 8.68. The van der Waals surface area contributed by atoms with Gasteiger partial charge in [-0.1, -0.05) is 25.7 Å². The molecule has 24 heavy (non-hydrogen) atoms. The molecule has 4 aliphatic rings. The van der Waals surface area contributed by atoms with Crippen LogP contribution in [0.5, 0.6) is 5.75 Å².